The van der Waals surface area contributed by atoms with Crippen molar-refractivity contribution in [2.24, 2.45) is 0 Å². The van der Waals surface area contributed by atoms with E-state index in [2.05, 4.69) is 4.72 Å². The van der Waals surface area contributed by atoms with Crippen LogP contribution in [0.3, 0.4) is 0 Å². The highest BCUT2D eigenvalue weighted by molar-refractivity contribution is 7.99. The minimum Gasteiger partial charge on any atom is -0.494 e. The summed E-state index contributed by atoms with van der Waals surface area (Å²) in [6.45, 7) is 0.173. The number of thioether (sulfide) groups is 1. The first-order valence-electron chi connectivity index (χ1n) is 6.38. The summed E-state index contributed by atoms with van der Waals surface area (Å²) in [4.78, 5) is -0.127. The topological polar surface area (TPSA) is 64.6 Å². The Hall–Kier alpha value is -0.830. The van der Waals surface area contributed by atoms with Crippen LogP contribution in [-0.2, 0) is 14.8 Å². The number of hydrogen-bond acceptors (Lipinski definition) is 5. The van der Waals surface area contributed by atoms with Crippen LogP contribution >= 0.6 is 11.8 Å². The maximum absolute atomic E-state index is 13.6. The Balaban J connectivity index is 2.13. The number of ether oxygens (including phenoxy) is 2. The number of halogens is 1. The zero-order valence-corrected chi connectivity index (χ0v) is 13.5. The van der Waals surface area contributed by atoms with Crippen molar-refractivity contribution in [3.05, 3.63) is 24.0 Å². The molecule has 1 aromatic carbocycles. The van der Waals surface area contributed by atoms with E-state index in [4.69, 9.17) is 9.47 Å². The molecule has 1 aromatic rings. The van der Waals surface area contributed by atoms with Crippen molar-refractivity contribution in [1.29, 1.82) is 0 Å². The third-order valence-electron chi connectivity index (χ3n) is 3.52. The van der Waals surface area contributed by atoms with Crippen molar-refractivity contribution in [3.63, 3.8) is 0 Å². The highest BCUT2D eigenvalue weighted by atomic mass is 32.2. The van der Waals surface area contributed by atoms with Gasteiger partial charge in [0.1, 0.15) is 0 Å². The molecule has 1 unspecified atom stereocenters. The van der Waals surface area contributed by atoms with Crippen LogP contribution < -0.4 is 9.46 Å². The van der Waals surface area contributed by atoms with Crippen molar-refractivity contribution >= 4 is 21.8 Å². The summed E-state index contributed by atoms with van der Waals surface area (Å²) >= 11 is 1.72. The van der Waals surface area contributed by atoms with E-state index in [9.17, 15) is 12.8 Å². The molecule has 118 valence electrons. The Morgan fingerprint density at radius 2 is 2.19 bits per heavy atom. The molecule has 0 saturated carbocycles. The summed E-state index contributed by atoms with van der Waals surface area (Å²) in [7, 11) is -0.877. The molecule has 1 heterocycles. The van der Waals surface area contributed by atoms with E-state index >= 15 is 0 Å². The van der Waals surface area contributed by atoms with Gasteiger partial charge in [-0.1, -0.05) is 0 Å². The number of hydrogen-bond donors (Lipinski definition) is 1. The summed E-state index contributed by atoms with van der Waals surface area (Å²) in [5.74, 6) is 0.975. The van der Waals surface area contributed by atoms with Gasteiger partial charge in [0, 0.05) is 19.4 Å². The maximum atomic E-state index is 13.6. The summed E-state index contributed by atoms with van der Waals surface area (Å²) in [5, 5.41) is 0. The quantitative estimate of drug-likeness (QED) is 0.856. The lowest BCUT2D eigenvalue weighted by Crippen LogP contribution is -2.44. The molecule has 2 rings (SSSR count). The van der Waals surface area contributed by atoms with Gasteiger partial charge in [-0.05, 0) is 30.4 Å². The van der Waals surface area contributed by atoms with Crippen molar-refractivity contribution in [2.45, 2.75) is 16.9 Å². The van der Waals surface area contributed by atoms with Crippen molar-refractivity contribution < 1.29 is 22.3 Å². The molecule has 0 aromatic heterocycles. The molecule has 8 heteroatoms. The molecule has 21 heavy (non-hydrogen) atoms. The van der Waals surface area contributed by atoms with Crippen LogP contribution in [0.5, 0.6) is 5.75 Å². The van der Waals surface area contributed by atoms with Crippen LogP contribution in [0.1, 0.15) is 6.42 Å². The smallest absolute Gasteiger partial charge is 0.240 e. The van der Waals surface area contributed by atoms with Crippen LogP contribution in [0.15, 0.2) is 23.1 Å². The second kappa shape index (κ2) is 6.51. The Kier molecular flexibility index (Phi) is 5.13. The largest absolute Gasteiger partial charge is 0.494 e. The lowest BCUT2D eigenvalue weighted by atomic mass is 10.0. The van der Waals surface area contributed by atoms with E-state index in [-0.39, 0.29) is 17.2 Å². The molecule has 0 amide bonds. The third-order valence-corrected chi connectivity index (χ3v) is 6.14. The molecule has 1 atom stereocenters. The number of nitrogens with one attached hydrogen (secondary N) is 1. The van der Waals surface area contributed by atoms with Gasteiger partial charge in [-0.15, -0.1) is 0 Å². The molecule has 0 bridgehead atoms. The van der Waals surface area contributed by atoms with Gasteiger partial charge in [0.05, 0.1) is 17.6 Å². The Morgan fingerprint density at radius 1 is 1.43 bits per heavy atom. The zero-order chi connectivity index (χ0) is 15.5. The van der Waals surface area contributed by atoms with Gasteiger partial charge in [-0.25, -0.2) is 17.5 Å². The van der Waals surface area contributed by atoms with Gasteiger partial charge in [0.15, 0.2) is 11.6 Å². The average molecular weight is 335 g/mol. The van der Waals surface area contributed by atoms with Gasteiger partial charge >= 0.3 is 0 Å². The molecule has 1 N–H and O–H groups in total. The Morgan fingerprint density at radius 3 is 2.71 bits per heavy atom. The molecule has 0 aliphatic carbocycles. The highest BCUT2D eigenvalue weighted by Gasteiger charge is 2.35. The highest BCUT2D eigenvalue weighted by Crippen LogP contribution is 2.30. The van der Waals surface area contributed by atoms with Crippen LogP contribution in [0.2, 0.25) is 0 Å². The lowest BCUT2D eigenvalue weighted by Gasteiger charge is -2.26. The molecule has 1 saturated heterocycles. The normalized spacial score (nSPS) is 22.4. The predicted molar refractivity (Wildman–Crippen MR) is 79.8 cm³/mol. The van der Waals surface area contributed by atoms with Gasteiger partial charge < -0.3 is 9.47 Å². The van der Waals surface area contributed by atoms with Crippen LogP contribution in [-0.4, -0.2) is 46.3 Å². The predicted octanol–water partition coefficient (Wildman–Crippen LogP) is 1.63. The van der Waals surface area contributed by atoms with Gasteiger partial charge in [0.25, 0.3) is 0 Å². The molecule has 0 radical (unpaired) electrons. The SMILES string of the molecule is COc1ccc(S(=O)(=O)NCC2(OC)CCSC2)cc1F. The fourth-order valence-corrected chi connectivity index (χ4v) is 4.61. The van der Waals surface area contributed by atoms with Gasteiger partial charge in [0.2, 0.25) is 10.0 Å². The number of benzene rings is 1. The fourth-order valence-electron chi connectivity index (χ4n) is 2.09. The van der Waals surface area contributed by atoms with Gasteiger partial charge in [-0.2, -0.15) is 11.8 Å². The minimum absolute atomic E-state index is 0.00880. The second-order valence-corrected chi connectivity index (χ2v) is 7.68. The van der Waals surface area contributed by atoms with Gasteiger partial charge in [-0.3, -0.25) is 0 Å². The van der Waals surface area contributed by atoms with Crippen molar-refractivity contribution in [1.82, 2.24) is 4.72 Å². The van der Waals surface area contributed by atoms with E-state index in [0.29, 0.717) is 0 Å². The third kappa shape index (κ3) is 3.68. The molecule has 1 aliphatic rings. The van der Waals surface area contributed by atoms with Crippen LogP contribution in [0.25, 0.3) is 0 Å². The van der Waals surface area contributed by atoms with Crippen LogP contribution in [0, 0.1) is 5.82 Å². The summed E-state index contributed by atoms with van der Waals surface area (Å²) in [5.41, 5.74) is -0.483. The first-order chi connectivity index (χ1) is 9.92. The molecule has 1 fully saturated rings. The van der Waals surface area contributed by atoms with E-state index in [1.165, 1.54) is 19.2 Å². The molecule has 0 spiro atoms. The maximum Gasteiger partial charge on any atom is 0.240 e. The number of methoxy groups -OCH3 is 2. The summed E-state index contributed by atoms with van der Waals surface area (Å²) in [6, 6.07) is 3.55. The van der Waals surface area contributed by atoms with E-state index < -0.39 is 21.4 Å². The zero-order valence-electron chi connectivity index (χ0n) is 11.9. The van der Waals surface area contributed by atoms with Crippen molar-refractivity contribution in [2.75, 3.05) is 32.3 Å². The minimum atomic E-state index is -3.78. The van der Waals surface area contributed by atoms with Crippen molar-refractivity contribution in [3.8, 4) is 5.75 Å². The first kappa shape index (κ1) is 16.5. The number of rotatable bonds is 6. The standard InChI is InChI=1S/C13H18FNO4S2/c1-18-12-4-3-10(7-11(12)14)21(16,17)15-8-13(19-2)5-6-20-9-13/h3-4,7,15H,5-6,8-9H2,1-2H3. The average Bonchev–Trinajstić information content (AvgIpc) is 2.95. The Bertz CT molecular complexity index is 600. The summed E-state index contributed by atoms with van der Waals surface area (Å²) in [6.07, 6.45) is 0.785. The van der Waals surface area contributed by atoms with E-state index in [0.717, 1.165) is 24.0 Å². The number of sulfonamides is 1. The van der Waals surface area contributed by atoms with Crippen LogP contribution in [0.4, 0.5) is 4.39 Å². The fraction of sp³-hybridized carbons (Fsp3) is 0.538. The summed E-state index contributed by atoms with van der Waals surface area (Å²) < 4.78 is 50.8. The monoisotopic (exact) mass is 335 g/mol. The second-order valence-electron chi connectivity index (χ2n) is 4.81. The van der Waals surface area contributed by atoms with E-state index in [1.54, 1.807) is 18.9 Å². The molecular formula is C13H18FNO4S2. The molecular weight excluding hydrogens is 317 g/mol. The Labute approximate surface area is 128 Å². The molecule has 5 nitrogen and oxygen atoms in total. The van der Waals surface area contributed by atoms with E-state index in [1.807, 2.05) is 0 Å². The lowest BCUT2D eigenvalue weighted by molar-refractivity contribution is 0.0179. The first-order valence-corrected chi connectivity index (χ1v) is 9.02. The molecule has 1 aliphatic heterocycles.